The van der Waals surface area contributed by atoms with Gasteiger partial charge in [0, 0.05) is 31.5 Å². The molecule has 0 radical (unpaired) electrons. The summed E-state index contributed by atoms with van der Waals surface area (Å²) in [6.45, 7) is 10.1. The number of nitrogens with zero attached hydrogens (tertiary/aromatic N) is 1. The molecular weight excluding hydrogens is 418 g/mol. The molecular formula is C26H31N3O4. The molecule has 1 heterocycles. The lowest BCUT2D eigenvalue weighted by Crippen LogP contribution is -2.34. The van der Waals surface area contributed by atoms with Crippen LogP contribution in [0.1, 0.15) is 43.9 Å². The van der Waals surface area contributed by atoms with Crippen LogP contribution in [-0.4, -0.2) is 41.9 Å². The van der Waals surface area contributed by atoms with E-state index in [0.717, 1.165) is 16.8 Å². The minimum absolute atomic E-state index is 0.0906. The number of hydrogen-bond acceptors (Lipinski definition) is 5. The van der Waals surface area contributed by atoms with Gasteiger partial charge >= 0.3 is 0 Å². The molecule has 0 aromatic heterocycles. The van der Waals surface area contributed by atoms with Gasteiger partial charge in [0.05, 0.1) is 11.7 Å². The van der Waals surface area contributed by atoms with E-state index in [1.165, 1.54) is 11.8 Å². The first-order chi connectivity index (χ1) is 15.7. The summed E-state index contributed by atoms with van der Waals surface area (Å²) < 4.78 is 5.56. The van der Waals surface area contributed by atoms with Crippen LogP contribution in [0.25, 0.3) is 5.57 Å². The number of benzene rings is 2. The van der Waals surface area contributed by atoms with E-state index in [9.17, 15) is 14.4 Å². The van der Waals surface area contributed by atoms with Crippen molar-refractivity contribution in [3.8, 4) is 0 Å². The molecule has 7 heteroatoms. The van der Waals surface area contributed by atoms with E-state index in [2.05, 4.69) is 10.6 Å². The maximum Gasteiger partial charge on any atom is 0.278 e. The van der Waals surface area contributed by atoms with Gasteiger partial charge in [0.25, 0.3) is 11.8 Å². The highest BCUT2D eigenvalue weighted by molar-refractivity contribution is 6.36. The Morgan fingerprint density at radius 1 is 0.970 bits per heavy atom. The molecule has 3 amide bonds. The number of imide groups is 1. The third-order valence-electron chi connectivity index (χ3n) is 5.42. The van der Waals surface area contributed by atoms with Crippen LogP contribution in [-0.2, 0) is 19.1 Å². The molecule has 1 aliphatic rings. The van der Waals surface area contributed by atoms with Gasteiger partial charge in [0.2, 0.25) is 5.91 Å². The lowest BCUT2D eigenvalue weighted by atomic mass is 10.0. The van der Waals surface area contributed by atoms with Crippen molar-refractivity contribution in [1.29, 1.82) is 0 Å². The largest absolute Gasteiger partial charge is 0.379 e. The van der Waals surface area contributed by atoms with E-state index >= 15 is 0 Å². The number of anilines is 2. The fourth-order valence-corrected chi connectivity index (χ4v) is 3.59. The van der Waals surface area contributed by atoms with E-state index in [0.29, 0.717) is 29.9 Å². The molecule has 0 saturated carbocycles. The molecule has 7 nitrogen and oxygen atoms in total. The van der Waals surface area contributed by atoms with Crippen molar-refractivity contribution in [2.24, 2.45) is 0 Å². The van der Waals surface area contributed by atoms with E-state index in [-0.39, 0.29) is 36.1 Å². The highest BCUT2D eigenvalue weighted by Gasteiger charge is 2.38. The number of rotatable bonds is 9. The molecule has 33 heavy (non-hydrogen) atoms. The Morgan fingerprint density at radius 3 is 2.24 bits per heavy atom. The zero-order valence-electron chi connectivity index (χ0n) is 19.8. The third-order valence-corrected chi connectivity index (χ3v) is 5.42. The van der Waals surface area contributed by atoms with Crippen LogP contribution in [0.3, 0.4) is 0 Å². The second-order valence-electron chi connectivity index (χ2n) is 8.47. The number of aryl methyl sites for hydroxylation is 2. The van der Waals surface area contributed by atoms with Crippen molar-refractivity contribution in [2.75, 3.05) is 23.8 Å². The predicted molar refractivity (Wildman–Crippen MR) is 130 cm³/mol. The first-order valence-electron chi connectivity index (χ1n) is 11.1. The summed E-state index contributed by atoms with van der Waals surface area (Å²) in [7, 11) is 0. The maximum atomic E-state index is 13.3. The third kappa shape index (κ3) is 5.87. The van der Waals surface area contributed by atoms with Crippen LogP contribution in [0.4, 0.5) is 11.4 Å². The zero-order valence-corrected chi connectivity index (χ0v) is 19.8. The smallest absolute Gasteiger partial charge is 0.278 e. The number of amides is 3. The standard InChI is InChI=1S/C26H31N3O4/c1-16(2)33-14-6-13-29-25(31)23(20-8-11-21(12-9-20)27-19(5)30)24(26(29)32)28-22-10-7-17(3)18(4)15-22/h7-12,15-16,28H,6,13-14H2,1-5H3,(H,27,30). The van der Waals surface area contributed by atoms with Crippen LogP contribution >= 0.6 is 0 Å². The molecule has 0 aliphatic carbocycles. The number of hydrogen-bond donors (Lipinski definition) is 2. The Balaban J connectivity index is 1.92. The first kappa shape index (κ1) is 24.2. The summed E-state index contributed by atoms with van der Waals surface area (Å²) in [6.07, 6.45) is 0.647. The summed E-state index contributed by atoms with van der Waals surface area (Å²) in [5.41, 5.74) is 4.76. The van der Waals surface area contributed by atoms with Crippen molar-refractivity contribution < 1.29 is 19.1 Å². The normalized spacial score (nSPS) is 13.8. The Kier molecular flexibility index (Phi) is 7.66. The van der Waals surface area contributed by atoms with Crippen LogP contribution in [0, 0.1) is 13.8 Å². The van der Waals surface area contributed by atoms with Crippen molar-refractivity contribution in [1.82, 2.24) is 4.90 Å². The quantitative estimate of drug-likeness (QED) is 0.441. The Labute approximate surface area is 194 Å². The van der Waals surface area contributed by atoms with Gasteiger partial charge in [-0.15, -0.1) is 0 Å². The molecule has 0 fully saturated rings. The molecule has 2 aromatic carbocycles. The van der Waals surface area contributed by atoms with Gasteiger partial charge in [-0.3, -0.25) is 19.3 Å². The van der Waals surface area contributed by atoms with Crippen LogP contribution in [0.15, 0.2) is 48.2 Å². The fraction of sp³-hybridized carbons (Fsp3) is 0.346. The van der Waals surface area contributed by atoms with Crippen molar-refractivity contribution in [3.05, 3.63) is 64.9 Å². The molecule has 0 unspecified atom stereocenters. The zero-order chi connectivity index (χ0) is 24.1. The van der Waals surface area contributed by atoms with Crippen molar-refractivity contribution >= 4 is 34.7 Å². The molecule has 0 atom stereocenters. The molecule has 0 spiro atoms. The van der Waals surface area contributed by atoms with Crippen LogP contribution in [0.2, 0.25) is 0 Å². The van der Waals surface area contributed by atoms with Gasteiger partial charge < -0.3 is 15.4 Å². The Hall–Kier alpha value is -3.45. The van der Waals surface area contributed by atoms with Gasteiger partial charge in [-0.2, -0.15) is 0 Å². The monoisotopic (exact) mass is 449 g/mol. The Bertz CT molecular complexity index is 1090. The summed E-state index contributed by atoms with van der Waals surface area (Å²) in [5.74, 6) is -0.882. The Morgan fingerprint density at radius 2 is 1.64 bits per heavy atom. The molecule has 1 aliphatic heterocycles. The molecule has 174 valence electrons. The first-order valence-corrected chi connectivity index (χ1v) is 11.1. The van der Waals surface area contributed by atoms with Crippen molar-refractivity contribution in [2.45, 2.75) is 47.1 Å². The van der Waals surface area contributed by atoms with Crippen molar-refractivity contribution in [3.63, 3.8) is 0 Å². The summed E-state index contributed by atoms with van der Waals surface area (Å²) in [5, 5.41) is 5.90. The number of nitrogens with one attached hydrogen (secondary N) is 2. The number of ether oxygens (including phenoxy) is 1. The van der Waals surface area contributed by atoms with Gasteiger partial charge in [-0.05, 0) is 75.1 Å². The summed E-state index contributed by atoms with van der Waals surface area (Å²) in [6, 6.07) is 12.7. The van der Waals surface area contributed by atoms with Gasteiger partial charge in [-0.25, -0.2) is 0 Å². The van der Waals surface area contributed by atoms with Gasteiger partial charge in [0.1, 0.15) is 5.70 Å². The molecule has 3 rings (SSSR count). The second-order valence-corrected chi connectivity index (χ2v) is 8.47. The predicted octanol–water partition coefficient (Wildman–Crippen LogP) is 4.27. The molecule has 2 aromatic rings. The topological polar surface area (TPSA) is 87.7 Å². The van der Waals surface area contributed by atoms with E-state index < -0.39 is 0 Å². The minimum atomic E-state index is -0.358. The average molecular weight is 450 g/mol. The lowest BCUT2D eigenvalue weighted by molar-refractivity contribution is -0.137. The van der Waals surface area contributed by atoms with Crippen LogP contribution in [0.5, 0.6) is 0 Å². The average Bonchev–Trinajstić information content (AvgIpc) is 2.98. The number of carbonyl (C=O) groups is 3. The second kappa shape index (κ2) is 10.4. The highest BCUT2D eigenvalue weighted by atomic mass is 16.5. The SMILES string of the molecule is CC(=O)Nc1ccc(C2=C(Nc3ccc(C)c(C)c3)C(=O)N(CCCOC(C)C)C2=O)cc1. The maximum absolute atomic E-state index is 13.3. The summed E-state index contributed by atoms with van der Waals surface area (Å²) >= 11 is 0. The minimum Gasteiger partial charge on any atom is -0.379 e. The van der Waals surface area contributed by atoms with E-state index in [1.54, 1.807) is 24.3 Å². The summed E-state index contributed by atoms with van der Waals surface area (Å²) in [4.78, 5) is 39.2. The van der Waals surface area contributed by atoms with Gasteiger partial charge in [-0.1, -0.05) is 18.2 Å². The highest BCUT2D eigenvalue weighted by Crippen LogP contribution is 2.31. The molecule has 0 saturated heterocycles. The van der Waals surface area contributed by atoms with E-state index in [4.69, 9.17) is 4.74 Å². The molecule has 2 N–H and O–H groups in total. The van der Waals surface area contributed by atoms with Crippen LogP contribution < -0.4 is 10.6 Å². The van der Waals surface area contributed by atoms with E-state index in [1.807, 2.05) is 45.9 Å². The molecule has 0 bridgehead atoms. The van der Waals surface area contributed by atoms with Gasteiger partial charge in [0.15, 0.2) is 0 Å². The number of carbonyl (C=O) groups excluding carboxylic acids is 3. The lowest BCUT2D eigenvalue weighted by Gasteiger charge is -2.16. The fourth-order valence-electron chi connectivity index (χ4n) is 3.59.